The molecule has 4 atom stereocenters. The Morgan fingerprint density at radius 2 is 1.92 bits per heavy atom. The average Bonchev–Trinajstić information content (AvgIpc) is 2.31. The second kappa shape index (κ2) is 2.69. The Bertz CT molecular complexity index is 212. The molecule has 0 radical (unpaired) electrons. The number of aliphatic hydroxyl groups excluding tert-OH is 2. The number of ether oxygens (including phenoxy) is 1. The van der Waals surface area contributed by atoms with Crippen LogP contribution in [0.3, 0.4) is 0 Å². The first-order valence-electron chi connectivity index (χ1n) is 4.98. The Balaban J connectivity index is 2.34. The van der Waals surface area contributed by atoms with Crippen LogP contribution in [0.2, 0.25) is 0 Å². The van der Waals surface area contributed by atoms with E-state index in [-0.39, 0.29) is 16.9 Å². The van der Waals surface area contributed by atoms with Crippen LogP contribution in [0.5, 0.6) is 0 Å². The molecule has 1 aliphatic heterocycles. The minimum atomic E-state index is -0.701. The number of hydrogen-bond acceptors (Lipinski definition) is 3. The fourth-order valence-electron chi connectivity index (χ4n) is 2.75. The van der Waals surface area contributed by atoms with Crippen molar-refractivity contribution in [1.29, 1.82) is 0 Å². The maximum absolute atomic E-state index is 9.93. The minimum Gasteiger partial charge on any atom is -0.392 e. The zero-order chi connectivity index (χ0) is 9.69. The molecule has 76 valence electrons. The summed E-state index contributed by atoms with van der Waals surface area (Å²) < 4.78 is 5.27. The quantitative estimate of drug-likeness (QED) is 0.590. The van der Waals surface area contributed by atoms with Crippen LogP contribution < -0.4 is 0 Å². The zero-order valence-corrected chi connectivity index (χ0v) is 8.29. The lowest BCUT2D eigenvalue weighted by Crippen LogP contribution is -2.51. The van der Waals surface area contributed by atoms with Crippen LogP contribution in [-0.4, -0.2) is 29.2 Å². The lowest BCUT2D eigenvalue weighted by atomic mass is 9.58. The molecule has 2 rings (SSSR count). The fourth-order valence-corrected chi connectivity index (χ4v) is 2.75. The van der Waals surface area contributed by atoms with Crippen LogP contribution in [0.25, 0.3) is 0 Å². The lowest BCUT2D eigenvalue weighted by Gasteiger charge is -2.47. The molecule has 0 amide bonds. The third kappa shape index (κ3) is 1.01. The van der Waals surface area contributed by atoms with Crippen LogP contribution >= 0.6 is 0 Å². The van der Waals surface area contributed by atoms with E-state index in [9.17, 15) is 10.2 Å². The van der Waals surface area contributed by atoms with Gasteiger partial charge in [0.25, 0.3) is 0 Å². The molecule has 0 spiro atoms. The van der Waals surface area contributed by atoms with Crippen molar-refractivity contribution in [3.8, 4) is 0 Å². The van der Waals surface area contributed by atoms with Gasteiger partial charge in [-0.2, -0.15) is 0 Å². The molecule has 1 saturated carbocycles. The van der Waals surface area contributed by atoms with Gasteiger partial charge in [0.15, 0.2) is 6.29 Å². The van der Waals surface area contributed by atoms with Crippen molar-refractivity contribution in [1.82, 2.24) is 0 Å². The van der Waals surface area contributed by atoms with Gasteiger partial charge in [-0.3, -0.25) is 0 Å². The molecule has 1 aliphatic carbocycles. The van der Waals surface area contributed by atoms with Crippen LogP contribution in [0, 0.1) is 10.8 Å². The van der Waals surface area contributed by atoms with Gasteiger partial charge < -0.3 is 14.9 Å². The third-order valence-corrected chi connectivity index (χ3v) is 4.30. The lowest BCUT2D eigenvalue weighted by molar-refractivity contribution is -0.141. The van der Waals surface area contributed by atoms with Crippen molar-refractivity contribution in [3.05, 3.63) is 0 Å². The van der Waals surface area contributed by atoms with Gasteiger partial charge >= 0.3 is 0 Å². The van der Waals surface area contributed by atoms with Crippen LogP contribution in [0.4, 0.5) is 0 Å². The summed E-state index contributed by atoms with van der Waals surface area (Å²) in [5.41, 5.74) is -0.519. The summed E-state index contributed by atoms with van der Waals surface area (Å²) in [7, 11) is 0. The van der Waals surface area contributed by atoms with Gasteiger partial charge in [-0.1, -0.05) is 20.3 Å². The van der Waals surface area contributed by atoms with Crippen molar-refractivity contribution >= 4 is 0 Å². The predicted molar refractivity (Wildman–Crippen MR) is 48.0 cm³/mol. The Morgan fingerprint density at radius 3 is 2.54 bits per heavy atom. The maximum atomic E-state index is 9.93. The molecule has 0 aromatic carbocycles. The van der Waals surface area contributed by atoms with Crippen molar-refractivity contribution < 1.29 is 14.9 Å². The van der Waals surface area contributed by atoms with Gasteiger partial charge in [-0.15, -0.1) is 0 Å². The molecule has 13 heavy (non-hydrogen) atoms. The van der Waals surface area contributed by atoms with E-state index < -0.39 is 6.29 Å². The Hall–Kier alpha value is -0.120. The standard InChI is InChI=1S/C10H18O3/c1-9-5-3-4-7(11)10(9,2)6-13-8(9)12/h7-8,11-12H,3-6H2,1-2H3. The highest BCUT2D eigenvalue weighted by molar-refractivity contribution is 5.05. The molecule has 0 bridgehead atoms. The summed E-state index contributed by atoms with van der Waals surface area (Å²) in [6, 6.07) is 0. The summed E-state index contributed by atoms with van der Waals surface area (Å²) in [6.45, 7) is 4.52. The highest BCUT2D eigenvalue weighted by Crippen LogP contribution is 2.56. The number of aliphatic hydroxyl groups is 2. The van der Waals surface area contributed by atoms with Crippen LogP contribution in [0.15, 0.2) is 0 Å². The van der Waals surface area contributed by atoms with E-state index in [4.69, 9.17) is 4.74 Å². The highest BCUT2D eigenvalue weighted by Gasteiger charge is 2.60. The molecule has 1 saturated heterocycles. The van der Waals surface area contributed by atoms with E-state index in [2.05, 4.69) is 0 Å². The molecular formula is C10H18O3. The smallest absolute Gasteiger partial charge is 0.160 e. The number of rotatable bonds is 0. The van der Waals surface area contributed by atoms with E-state index in [1.807, 2.05) is 13.8 Å². The van der Waals surface area contributed by atoms with E-state index in [1.165, 1.54) is 0 Å². The number of fused-ring (bicyclic) bond motifs is 1. The molecule has 0 aromatic rings. The van der Waals surface area contributed by atoms with Crippen molar-refractivity contribution in [2.45, 2.75) is 45.5 Å². The van der Waals surface area contributed by atoms with Crippen molar-refractivity contribution in [3.63, 3.8) is 0 Å². The van der Waals surface area contributed by atoms with Gasteiger partial charge in [0.05, 0.1) is 12.7 Å². The summed E-state index contributed by atoms with van der Waals surface area (Å²) in [5, 5.41) is 19.7. The number of hydrogen-bond donors (Lipinski definition) is 2. The Kier molecular flexibility index (Phi) is 1.95. The van der Waals surface area contributed by atoms with Gasteiger partial charge in [-0.05, 0) is 12.8 Å². The Labute approximate surface area is 78.7 Å². The SMILES string of the molecule is CC12COC(O)C1(C)CCCC2O. The molecule has 2 aliphatic rings. The van der Waals surface area contributed by atoms with Gasteiger partial charge in [0.2, 0.25) is 0 Å². The van der Waals surface area contributed by atoms with Gasteiger partial charge in [0.1, 0.15) is 0 Å². The first kappa shape index (κ1) is 9.44. The fraction of sp³-hybridized carbons (Fsp3) is 1.00. The van der Waals surface area contributed by atoms with Crippen LogP contribution in [0.1, 0.15) is 33.1 Å². The van der Waals surface area contributed by atoms with Crippen molar-refractivity contribution in [2.24, 2.45) is 10.8 Å². The van der Waals surface area contributed by atoms with Crippen LogP contribution in [-0.2, 0) is 4.74 Å². The van der Waals surface area contributed by atoms with Crippen molar-refractivity contribution in [2.75, 3.05) is 6.61 Å². The largest absolute Gasteiger partial charge is 0.392 e. The maximum Gasteiger partial charge on any atom is 0.160 e. The molecule has 2 fully saturated rings. The molecule has 3 nitrogen and oxygen atoms in total. The highest BCUT2D eigenvalue weighted by atomic mass is 16.6. The Morgan fingerprint density at radius 1 is 1.23 bits per heavy atom. The second-order valence-electron chi connectivity index (χ2n) is 4.91. The van der Waals surface area contributed by atoms with E-state index in [0.717, 1.165) is 19.3 Å². The molecule has 4 unspecified atom stereocenters. The van der Waals surface area contributed by atoms with E-state index in [1.54, 1.807) is 0 Å². The topological polar surface area (TPSA) is 49.7 Å². The molecular weight excluding hydrogens is 168 g/mol. The first-order valence-corrected chi connectivity index (χ1v) is 4.98. The third-order valence-electron chi connectivity index (χ3n) is 4.30. The molecule has 0 aromatic heterocycles. The van der Waals surface area contributed by atoms with Gasteiger partial charge in [-0.25, -0.2) is 0 Å². The first-order chi connectivity index (χ1) is 6.01. The molecule has 3 heteroatoms. The molecule has 2 N–H and O–H groups in total. The second-order valence-corrected chi connectivity index (χ2v) is 4.91. The minimum absolute atomic E-state index is 0.259. The van der Waals surface area contributed by atoms with Gasteiger partial charge in [0, 0.05) is 10.8 Å². The normalized spacial score (nSPS) is 56.3. The van der Waals surface area contributed by atoms with E-state index in [0.29, 0.717) is 6.61 Å². The summed E-state index contributed by atoms with van der Waals surface area (Å²) in [5.74, 6) is 0. The predicted octanol–water partition coefficient (Wildman–Crippen LogP) is 0.892. The summed E-state index contributed by atoms with van der Waals surface area (Å²) in [6.07, 6.45) is 1.73. The monoisotopic (exact) mass is 186 g/mol. The zero-order valence-electron chi connectivity index (χ0n) is 8.29. The summed E-state index contributed by atoms with van der Waals surface area (Å²) in [4.78, 5) is 0. The van der Waals surface area contributed by atoms with E-state index >= 15 is 0 Å². The average molecular weight is 186 g/mol. The molecule has 1 heterocycles. The summed E-state index contributed by atoms with van der Waals surface area (Å²) >= 11 is 0.